The lowest BCUT2D eigenvalue weighted by Gasteiger charge is -1.89. The highest BCUT2D eigenvalue weighted by molar-refractivity contribution is 7.71. The van der Waals surface area contributed by atoms with Crippen LogP contribution in [0.4, 0.5) is 0 Å². The van der Waals surface area contributed by atoms with Gasteiger partial charge in [0.2, 0.25) is 10.3 Å². The second-order valence-electron chi connectivity index (χ2n) is 2.04. The SMILES string of the molecule is O=S(=O)=[C]Cc1ccccc1. The van der Waals surface area contributed by atoms with Gasteiger partial charge in [0.05, 0.1) is 5.37 Å². The summed E-state index contributed by atoms with van der Waals surface area (Å²) in [5.41, 5.74) is 0.955. The Labute approximate surface area is 67.0 Å². The van der Waals surface area contributed by atoms with E-state index in [4.69, 9.17) is 0 Å². The van der Waals surface area contributed by atoms with Crippen molar-refractivity contribution < 1.29 is 8.42 Å². The zero-order valence-corrected chi connectivity index (χ0v) is 6.64. The molecule has 0 aliphatic rings. The zero-order chi connectivity index (χ0) is 8.10. The van der Waals surface area contributed by atoms with Crippen molar-refractivity contribution in [2.45, 2.75) is 6.42 Å². The van der Waals surface area contributed by atoms with Gasteiger partial charge in [-0.25, -0.2) is 0 Å². The Balaban J connectivity index is 2.74. The van der Waals surface area contributed by atoms with E-state index in [0.717, 1.165) is 5.56 Å². The highest BCUT2D eigenvalue weighted by Crippen LogP contribution is 1.96. The summed E-state index contributed by atoms with van der Waals surface area (Å²) >= 11 is 0. The summed E-state index contributed by atoms with van der Waals surface area (Å²) in [5, 5.41) is 2.28. The third kappa shape index (κ3) is 3.00. The predicted molar refractivity (Wildman–Crippen MR) is 44.1 cm³/mol. The quantitative estimate of drug-likeness (QED) is 0.610. The molecule has 1 rings (SSSR count). The molecule has 0 fully saturated rings. The molecule has 0 aliphatic carbocycles. The fourth-order valence-electron chi connectivity index (χ4n) is 0.738. The molecule has 0 saturated carbocycles. The molecule has 0 heterocycles. The average Bonchev–Trinajstić information content (AvgIpc) is 2.03. The minimum atomic E-state index is -2.17. The van der Waals surface area contributed by atoms with E-state index < -0.39 is 10.3 Å². The van der Waals surface area contributed by atoms with Crippen LogP contribution in [0.1, 0.15) is 5.56 Å². The Morgan fingerprint density at radius 3 is 2.36 bits per heavy atom. The van der Waals surface area contributed by atoms with Gasteiger partial charge in [-0.05, 0) is 5.56 Å². The first-order chi connectivity index (χ1) is 5.29. The molecule has 11 heavy (non-hydrogen) atoms. The summed E-state index contributed by atoms with van der Waals surface area (Å²) in [6.07, 6.45) is 0.358. The summed E-state index contributed by atoms with van der Waals surface area (Å²) < 4.78 is 20.1. The van der Waals surface area contributed by atoms with E-state index in [9.17, 15) is 8.42 Å². The Kier molecular flexibility index (Phi) is 2.86. The lowest BCUT2D eigenvalue weighted by molar-refractivity contribution is 0.627. The van der Waals surface area contributed by atoms with Gasteiger partial charge in [0.1, 0.15) is 0 Å². The topological polar surface area (TPSA) is 34.1 Å². The fraction of sp³-hybridized carbons (Fsp3) is 0.125. The van der Waals surface area contributed by atoms with Gasteiger partial charge in [0.15, 0.2) is 0 Å². The highest BCUT2D eigenvalue weighted by atomic mass is 32.2. The van der Waals surface area contributed by atoms with Gasteiger partial charge in [-0.15, -0.1) is 0 Å². The van der Waals surface area contributed by atoms with Gasteiger partial charge in [-0.3, -0.25) is 0 Å². The molecule has 2 nitrogen and oxygen atoms in total. The molecule has 0 spiro atoms. The van der Waals surface area contributed by atoms with Crippen LogP contribution in [0, 0.1) is 0 Å². The van der Waals surface area contributed by atoms with E-state index in [-0.39, 0.29) is 0 Å². The lowest BCUT2D eigenvalue weighted by Crippen LogP contribution is -1.84. The smallest absolute Gasteiger partial charge is 0.184 e. The molecule has 0 saturated heterocycles. The van der Waals surface area contributed by atoms with E-state index in [2.05, 4.69) is 5.37 Å². The monoisotopic (exact) mass is 167 g/mol. The van der Waals surface area contributed by atoms with Crippen molar-refractivity contribution >= 4 is 15.7 Å². The van der Waals surface area contributed by atoms with Gasteiger partial charge in [0, 0.05) is 6.42 Å². The number of benzene rings is 1. The second-order valence-corrected chi connectivity index (χ2v) is 2.80. The molecule has 0 unspecified atom stereocenters. The molecule has 3 heteroatoms. The Morgan fingerprint density at radius 1 is 1.18 bits per heavy atom. The molecule has 1 aromatic rings. The minimum absolute atomic E-state index is 0.358. The Morgan fingerprint density at radius 2 is 1.82 bits per heavy atom. The third-order valence-electron chi connectivity index (χ3n) is 1.24. The third-order valence-corrected chi connectivity index (χ3v) is 1.62. The maximum absolute atomic E-state index is 10.1. The summed E-state index contributed by atoms with van der Waals surface area (Å²) in [5.74, 6) is 0. The summed E-state index contributed by atoms with van der Waals surface area (Å²) in [4.78, 5) is 0. The fourth-order valence-corrected chi connectivity index (χ4v) is 1.02. The van der Waals surface area contributed by atoms with Crippen molar-refractivity contribution in [3.63, 3.8) is 0 Å². The first-order valence-electron chi connectivity index (χ1n) is 3.16. The zero-order valence-electron chi connectivity index (χ0n) is 5.82. The van der Waals surface area contributed by atoms with Gasteiger partial charge in [0.25, 0.3) is 0 Å². The van der Waals surface area contributed by atoms with Crippen LogP contribution in [0.25, 0.3) is 0 Å². The molecule has 0 aromatic heterocycles. The standard InChI is InChI=1S/C8H7O2S/c9-11(10)7-6-8-4-2-1-3-5-8/h1-5H,6H2. The molecule has 1 aromatic carbocycles. The van der Waals surface area contributed by atoms with Crippen LogP contribution < -0.4 is 0 Å². The van der Waals surface area contributed by atoms with Crippen molar-refractivity contribution in [2.75, 3.05) is 0 Å². The molecule has 0 aliphatic heterocycles. The Hall–Kier alpha value is -1.09. The molecule has 0 N–H and O–H groups in total. The van der Waals surface area contributed by atoms with Crippen LogP contribution in [-0.2, 0) is 16.7 Å². The van der Waals surface area contributed by atoms with Crippen LogP contribution in [0.3, 0.4) is 0 Å². The van der Waals surface area contributed by atoms with Crippen molar-refractivity contribution in [3.05, 3.63) is 35.9 Å². The van der Waals surface area contributed by atoms with Crippen molar-refractivity contribution in [3.8, 4) is 0 Å². The van der Waals surface area contributed by atoms with Crippen molar-refractivity contribution in [1.29, 1.82) is 0 Å². The molecule has 1 radical (unpaired) electrons. The minimum Gasteiger partial charge on any atom is -0.184 e. The normalized spacial score (nSPS) is 9.09. The van der Waals surface area contributed by atoms with Gasteiger partial charge in [-0.1, -0.05) is 30.3 Å². The first-order valence-corrected chi connectivity index (χ1v) is 4.23. The molecule has 0 atom stereocenters. The highest BCUT2D eigenvalue weighted by Gasteiger charge is 1.86. The molecule has 0 amide bonds. The summed E-state index contributed by atoms with van der Waals surface area (Å²) in [6.45, 7) is 0. The van der Waals surface area contributed by atoms with E-state index in [1.807, 2.05) is 30.3 Å². The maximum atomic E-state index is 10.1. The van der Waals surface area contributed by atoms with Crippen LogP contribution >= 0.6 is 0 Å². The van der Waals surface area contributed by atoms with E-state index in [1.54, 1.807) is 0 Å². The maximum Gasteiger partial charge on any atom is 0.218 e. The molecular formula is C8H7O2S. The second kappa shape index (κ2) is 3.93. The number of rotatable bonds is 2. The van der Waals surface area contributed by atoms with Gasteiger partial charge in [-0.2, -0.15) is 8.42 Å². The van der Waals surface area contributed by atoms with Gasteiger partial charge >= 0.3 is 0 Å². The Bertz CT molecular complexity index is 330. The van der Waals surface area contributed by atoms with E-state index in [0.29, 0.717) is 6.42 Å². The molecule has 57 valence electrons. The molecular weight excluding hydrogens is 160 g/mol. The molecule has 0 bridgehead atoms. The number of hydrogen-bond donors (Lipinski definition) is 0. The van der Waals surface area contributed by atoms with Gasteiger partial charge < -0.3 is 0 Å². The van der Waals surface area contributed by atoms with E-state index >= 15 is 0 Å². The van der Waals surface area contributed by atoms with Crippen LogP contribution in [-0.4, -0.2) is 13.8 Å². The predicted octanol–water partition coefficient (Wildman–Crippen LogP) is 0.787. The van der Waals surface area contributed by atoms with E-state index in [1.165, 1.54) is 0 Å². The summed E-state index contributed by atoms with van der Waals surface area (Å²) in [6, 6.07) is 9.34. The lowest BCUT2D eigenvalue weighted by atomic mass is 10.2. The van der Waals surface area contributed by atoms with Crippen LogP contribution in [0.2, 0.25) is 0 Å². The largest absolute Gasteiger partial charge is 0.218 e. The number of hydrogen-bond acceptors (Lipinski definition) is 2. The van der Waals surface area contributed by atoms with Crippen LogP contribution in [0.5, 0.6) is 0 Å². The average molecular weight is 167 g/mol. The van der Waals surface area contributed by atoms with Crippen molar-refractivity contribution in [2.24, 2.45) is 0 Å². The first kappa shape index (κ1) is 8.01. The summed E-state index contributed by atoms with van der Waals surface area (Å²) in [7, 11) is -2.17. The van der Waals surface area contributed by atoms with Crippen LogP contribution in [0.15, 0.2) is 30.3 Å². The van der Waals surface area contributed by atoms with Crippen molar-refractivity contribution in [1.82, 2.24) is 0 Å².